The van der Waals surface area contributed by atoms with Crippen molar-refractivity contribution in [3.8, 4) is 0 Å². The number of amides is 1. The summed E-state index contributed by atoms with van der Waals surface area (Å²) in [5.41, 5.74) is 2.06. The predicted molar refractivity (Wildman–Crippen MR) is 107 cm³/mol. The van der Waals surface area contributed by atoms with E-state index in [0.717, 1.165) is 18.9 Å². The van der Waals surface area contributed by atoms with Crippen LogP contribution < -0.4 is 15.5 Å². The van der Waals surface area contributed by atoms with Crippen molar-refractivity contribution >= 4 is 41.5 Å². The van der Waals surface area contributed by atoms with Gasteiger partial charge >= 0.3 is 0 Å². The molecule has 1 aliphatic heterocycles. The molecule has 1 aliphatic rings. The monoisotopic (exact) mass is 430 g/mol. The summed E-state index contributed by atoms with van der Waals surface area (Å²) in [6, 6.07) is 8.38. The number of halogens is 1. The molecule has 0 atom stereocenters. The number of rotatable bonds is 4. The number of fused-ring (bicyclic) bond motifs is 1. The van der Waals surface area contributed by atoms with Crippen LogP contribution in [0.15, 0.2) is 29.3 Å². The van der Waals surface area contributed by atoms with E-state index in [4.69, 9.17) is 0 Å². The molecular weight excluding hydrogens is 403 g/mol. The first-order valence-corrected chi connectivity index (χ1v) is 7.84. The zero-order valence-electron chi connectivity index (χ0n) is 14.3. The summed E-state index contributed by atoms with van der Waals surface area (Å²) in [4.78, 5) is 18.6. The molecular formula is C17H27IN4O. The quantitative estimate of drug-likeness (QED) is 0.438. The number of nitrogens with one attached hydrogen (secondary N) is 2. The summed E-state index contributed by atoms with van der Waals surface area (Å²) in [5.74, 6) is 0.877. The van der Waals surface area contributed by atoms with Gasteiger partial charge in [-0.25, -0.2) is 0 Å². The van der Waals surface area contributed by atoms with Crippen LogP contribution in [0.25, 0.3) is 0 Å². The lowest BCUT2D eigenvalue weighted by molar-refractivity contribution is -0.128. The Labute approximate surface area is 156 Å². The molecule has 0 fully saturated rings. The molecule has 128 valence electrons. The fourth-order valence-electron chi connectivity index (χ4n) is 2.63. The zero-order chi connectivity index (χ0) is 16.2. The van der Waals surface area contributed by atoms with Crippen molar-refractivity contribution in [1.82, 2.24) is 10.6 Å². The summed E-state index contributed by atoms with van der Waals surface area (Å²) in [6.07, 6.45) is 1.02. The molecule has 2 N–H and O–H groups in total. The molecule has 23 heavy (non-hydrogen) atoms. The molecule has 5 nitrogen and oxygen atoms in total. The summed E-state index contributed by atoms with van der Waals surface area (Å²) < 4.78 is 0. The lowest BCUT2D eigenvalue weighted by Gasteiger charge is -2.28. The normalized spacial score (nSPS) is 14.1. The molecule has 2 rings (SSSR count). The second kappa shape index (κ2) is 8.52. The highest BCUT2D eigenvalue weighted by Crippen LogP contribution is 2.27. The number of carbonyl (C=O) groups excluding carboxylic acids is 1. The molecule has 1 aromatic rings. The van der Waals surface area contributed by atoms with E-state index in [0.29, 0.717) is 13.1 Å². The van der Waals surface area contributed by atoms with Crippen molar-refractivity contribution < 1.29 is 4.79 Å². The zero-order valence-corrected chi connectivity index (χ0v) is 16.7. The SMILES string of the molecule is CCNC(=O)C(C)(C)CNC(=NC)N1CCc2ccccc21.I. The summed E-state index contributed by atoms with van der Waals surface area (Å²) in [5, 5.41) is 6.23. The third kappa shape index (κ3) is 4.59. The van der Waals surface area contributed by atoms with Crippen molar-refractivity contribution in [2.75, 3.05) is 31.6 Å². The van der Waals surface area contributed by atoms with Gasteiger partial charge in [-0.2, -0.15) is 0 Å². The van der Waals surface area contributed by atoms with Crippen LogP contribution in [0.2, 0.25) is 0 Å². The second-order valence-electron chi connectivity index (χ2n) is 6.17. The van der Waals surface area contributed by atoms with Crippen LogP contribution in [0.5, 0.6) is 0 Å². The molecule has 1 heterocycles. The Morgan fingerprint density at radius 1 is 1.30 bits per heavy atom. The number of nitrogens with zero attached hydrogens (tertiary/aromatic N) is 2. The Morgan fingerprint density at radius 3 is 2.65 bits per heavy atom. The fraction of sp³-hybridized carbons (Fsp3) is 0.529. The van der Waals surface area contributed by atoms with Crippen molar-refractivity contribution in [1.29, 1.82) is 0 Å². The van der Waals surface area contributed by atoms with Gasteiger partial charge in [0, 0.05) is 32.4 Å². The third-order valence-corrected chi connectivity index (χ3v) is 4.00. The predicted octanol–water partition coefficient (Wildman–Crippen LogP) is 2.40. The topological polar surface area (TPSA) is 56.7 Å². The molecule has 1 aromatic carbocycles. The van der Waals surface area contributed by atoms with Crippen LogP contribution in [0.4, 0.5) is 5.69 Å². The highest BCUT2D eigenvalue weighted by molar-refractivity contribution is 14.0. The van der Waals surface area contributed by atoms with Gasteiger partial charge in [0.15, 0.2) is 5.96 Å². The molecule has 0 saturated carbocycles. The van der Waals surface area contributed by atoms with E-state index in [1.807, 2.05) is 26.8 Å². The maximum Gasteiger partial charge on any atom is 0.227 e. The molecule has 1 amide bonds. The lowest BCUT2D eigenvalue weighted by Crippen LogP contribution is -2.48. The number of hydrogen-bond acceptors (Lipinski definition) is 2. The average molecular weight is 430 g/mol. The average Bonchev–Trinajstić information content (AvgIpc) is 2.92. The maximum absolute atomic E-state index is 12.1. The first kappa shape index (κ1) is 19.7. The van der Waals surface area contributed by atoms with Crippen molar-refractivity contribution in [3.63, 3.8) is 0 Å². The van der Waals surface area contributed by atoms with Crippen LogP contribution in [0.1, 0.15) is 26.3 Å². The minimum Gasteiger partial charge on any atom is -0.356 e. The van der Waals surface area contributed by atoms with Crippen LogP contribution in [0.3, 0.4) is 0 Å². The van der Waals surface area contributed by atoms with E-state index in [1.165, 1.54) is 11.3 Å². The largest absolute Gasteiger partial charge is 0.356 e. The van der Waals surface area contributed by atoms with E-state index in [2.05, 4.69) is 38.7 Å². The van der Waals surface area contributed by atoms with Gasteiger partial charge in [0.25, 0.3) is 0 Å². The van der Waals surface area contributed by atoms with Crippen LogP contribution >= 0.6 is 24.0 Å². The Morgan fingerprint density at radius 2 is 2.00 bits per heavy atom. The van der Waals surface area contributed by atoms with E-state index in [9.17, 15) is 4.79 Å². The maximum atomic E-state index is 12.1. The Balaban J connectivity index is 0.00000264. The van der Waals surface area contributed by atoms with Gasteiger partial charge in [-0.1, -0.05) is 18.2 Å². The number of para-hydroxylation sites is 1. The number of aliphatic imine (C=N–C) groups is 1. The van der Waals surface area contributed by atoms with E-state index >= 15 is 0 Å². The second-order valence-corrected chi connectivity index (χ2v) is 6.17. The van der Waals surface area contributed by atoms with Gasteiger partial charge in [0.05, 0.1) is 5.41 Å². The van der Waals surface area contributed by atoms with Crippen LogP contribution in [-0.4, -0.2) is 38.5 Å². The highest BCUT2D eigenvalue weighted by atomic mass is 127. The molecule has 0 bridgehead atoms. The van der Waals surface area contributed by atoms with E-state index in [-0.39, 0.29) is 29.9 Å². The Bertz CT molecular complexity index is 571. The van der Waals surface area contributed by atoms with Crippen molar-refractivity contribution in [2.45, 2.75) is 27.2 Å². The summed E-state index contributed by atoms with van der Waals surface area (Å²) in [6.45, 7) is 7.93. The van der Waals surface area contributed by atoms with Gasteiger partial charge in [-0.3, -0.25) is 9.79 Å². The molecule has 0 aromatic heterocycles. The van der Waals surface area contributed by atoms with Crippen LogP contribution in [-0.2, 0) is 11.2 Å². The molecule has 0 aliphatic carbocycles. The van der Waals surface area contributed by atoms with Crippen molar-refractivity contribution in [2.24, 2.45) is 10.4 Å². The highest BCUT2D eigenvalue weighted by Gasteiger charge is 2.29. The van der Waals surface area contributed by atoms with Crippen molar-refractivity contribution in [3.05, 3.63) is 29.8 Å². The Kier molecular flexibility index (Phi) is 7.31. The first-order chi connectivity index (χ1) is 10.5. The molecule has 0 spiro atoms. The number of guanidine groups is 1. The van der Waals surface area contributed by atoms with Crippen LogP contribution in [0, 0.1) is 5.41 Å². The number of anilines is 1. The van der Waals surface area contributed by atoms with Gasteiger partial charge in [0.2, 0.25) is 5.91 Å². The summed E-state index contributed by atoms with van der Waals surface area (Å²) >= 11 is 0. The van der Waals surface area contributed by atoms with Gasteiger partial charge in [-0.15, -0.1) is 24.0 Å². The minimum atomic E-state index is -0.481. The number of carbonyl (C=O) groups is 1. The molecule has 6 heteroatoms. The van der Waals surface area contributed by atoms with E-state index < -0.39 is 5.41 Å². The smallest absolute Gasteiger partial charge is 0.227 e. The fourth-order valence-corrected chi connectivity index (χ4v) is 2.63. The van der Waals surface area contributed by atoms with Gasteiger partial charge in [-0.05, 0) is 38.8 Å². The molecule has 0 saturated heterocycles. The minimum absolute atomic E-state index is 0. The standard InChI is InChI=1S/C17H26N4O.HI/c1-5-19-15(22)17(2,3)12-20-16(18-4)21-11-10-13-8-6-7-9-14(13)21;/h6-9H,5,10-12H2,1-4H3,(H,18,20)(H,19,22);1H. The van der Waals surface area contributed by atoms with Gasteiger partial charge in [0.1, 0.15) is 0 Å². The van der Waals surface area contributed by atoms with Gasteiger partial charge < -0.3 is 15.5 Å². The molecule has 0 unspecified atom stereocenters. The molecule has 0 radical (unpaired) electrons. The summed E-state index contributed by atoms with van der Waals surface area (Å²) in [7, 11) is 1.78. The number of benzene rings is 1. The number of hydrogen-bond donors (Lipinski definition) is 2. The Hall–Kier alpha value is -1.31. The van der Waals surface area contributed by atoms with E-state index in [1.54, 1.807) is 7.05 Å². The lowest BCUT2D eigenvalue weighted by atomic mass is 9.92. The first-order valence-electron chi connectivity index (χ1n) is 7.84. The third-order valence-electron chi connectivity index (χ3n) is 4.00.